The van der Waals surface area contributed by atoms with E-state index in [2.05, 4.69) is 5.32 Å². The topological polar surface area (TPSA) is 38.3 Å². The Morgan fingerprint density at radius 2 is 2.14 bits per heavy atom. The average molecular weight is 310 g/mol. The first-order chi connectivity index (χ1) is 10.2. The molecule has 1 N–H and O–H groups in total. The van der Waals surface area contributed by atoms with Gasteiger partial charge in [0.05, 0.1) is 0 Å². The van der Waals surface area contributed by atoms with E-state index in [9.17, 15) is 4.79 Å². The second-order valence-electron chi connectivity index (χ2n) is 5.81. The average Bonchev–Trinajstić information content (AvgIpc) is 2.49. The summed E-state index contributed by atoms with van der Waals surface area (Å²) < 4.78 is 5.36. The Morgan fingerprint density at radius 1 is 1.38 bits per heavy atom. The molecule has 1 amide bonds. The number of benzene rings is 1. The molecule has 1 fully saturated rings. The van der Waals surface area contributed by atoms with Crippen molar-refractivity contribution in [3.05, 3.63) is 29.3 Å². The van der Waals surface area contributed by atoms with Crippen LogP contribution in [-0.2, 0) is 9.53 Å². The van der Waals surface area contributed by atoms with Crippen LogP contribution in [0, 0.1) is 5.92 Å². The molecule has 1 atom stereocenters. The number of hydrogen-bond donors (Lipinski definition) is 1. The van der Waals surface area contributed by atoms with E-state index in [1.54, 1.807) is 19.2 Å². The largest absolute Gasteiger partial charge is 0.372 e. The molecule has 2 rings (SSSR count). The summed E-state index contributed by atoms with van der Waals surface area (Å²) in [4.78, 5) is 12.2. The van der Waals surface area contributed by atoms with E-state index in [1.807, 2.05) is 12.1 Å². The molecule has 21 heavy (non-hydrogen) atoms. The number of rotatable bonds is 6. The number of anilines is 1. The van der Waals surface area contributed by atoms with Crippen LogP contribution in [0.25, 0.3) is 0 Å². The Bertz CT molecular complexity index is 458. The fraction of sp³-hybridized carbons (Fsp3) is 0.588. The van der Waals surface area contributed by atoms with Crippen molar-refractivity contribution >= 4 is 23.2 Å². The van der Waals surface area contributed by atoms with Gasteiger partial charge in [0.2, 0.25) is 0 Å². The number of methoxy groups -OCH3 is 1. The van der Waals surface area contributed by atoms with Gasteiger partial charge in [-0.1, -0.05) is 49.8 Å². The van der Waals surface area contributed by atoms with Gasteiger partial charge in [-0.2, -0.15) is 0 Å². The van der Waals surface area contributed by atoms with E-state index >= 15 is 0 Å². The smallest absolute Gasteiger partial charge is 0.253 e. The van der Waals surface area contributed by atoms with Crippen LogP contribution in [0.2, 0.25) is 5.02 Å². The lowest BCUT2D eigenvalue weighted by molar-refractivity contribution is -0.126. The molecule has 1 aromatic carbocycles. The van der Waals surface area contributed by atoms with Crippen molar-refractivity contribution in [2.75, 3.05) is 12.4 Å². The molecule has 1 saturated carbocycles. The van der Waals surface area contributed by atoms with Gasteiger partial charge in [-0.05, 0) is 37.0 Å². The third kappa shape index (κ3) is 5.33. The van der Waals surface area contributed by atoms with E-state index < -0.39 is 0 Å². The van der Waals surface area contributed by atoms with E-state index in [4.69, 9.17) is 16.3 Å². The third-order valence-electron chi connectivity index (χ3n) is 4.23. The van der Waals surface area contributed by atoms with Gasteiger partial charge >= 0.3 is 0 Å². The van der Waals surface area contributed by atoms with Crippen molar-refractivity contribution in [2.24, 2.45) is 5.92 Å². The lowest BCUT2D eigenvalue weighted by Gasteiger charge is -2.23. The zero-order chi connectivity index (χ0) is 15.1. The molecule has 116 valence electrons. The van der Waals surface area contributed by atoms with Crippen LogP contribution < -0.4 is 5.32 Å². The highest BCUT2D eigenvalue weighted by molar-refractivity contribution is 6.30. The number of carbonyl (C=O) groups is 1. The summed E-state index contributed by atoms with van der Waals surface area (Å²) >= 11 is 5.92. The first kappa shape index (κ1) is 16.3. The van der Waals surface area contributed by atoms with Gasteiger partial charge in [-0.25, -0.2) is 0 Å². The van der Waals surface area contributed by atoms with Crippen LogP contribution in [0.5, 0.6) is 0 Å². The fourth-order valence-electron chi connectivity index (χ4n) is 3.01. The van der Waals surface area contributed by atoms with Crippen molar-refractivity contribution < 1.29 is 9.53 Å². The zero-order valence-corrected chi connectivity index (χ0v) is 13.4. The molecule has 0 radical (unpaired) electrons. The van der Waals surface area contributed by atoms with Crippen molar-refractivity contribution in [1.82, 2.24) is 0 Å². The van der Waals surface area contributed by atoms with E-state index in [0.717, 1.165) is 18.8 Å². The van der Waals surface area contributed by atoms with Gasteiger partial charge in [-0.15, -0.1) is 0 Å². The van der Waals surface area contributed by atoms with Crippen LogP contribution in [0.3, 0.4) is 0 Å². The normalized spacial score (nSPS) is 17.4. The van der Waals surface area contributed by atoms with Gasteiger partial charge in [-0.3, -0.25) is 4.79 Å². The van der Waals surface area contributed by atoms with Gasteiger partial charge in [0.25, 0.3) is 5.91 Å². The molecule has 1 aliphatic rings. The SMILES string of the molecule is COC(CCC1CCCCC1)C(=O)Nc1cccc(Cl)c1. The van der Waals surface area contributed by atoms with E-state index in [-0.39, 0.29) is 12.0 Å². The first-order valence-electron chi connectivity index (χ1n) is 7.78. The molecular formula is C17H24ClNO2. The lowest BCUT2D eigenvalue weighted by atomic mass is 9.85. The standard InChI is InChI=1S/C17H24ClNO2/c1-21-16(11-10-13-6-3-2-4-7-13)17(20)19-15-9-5-8-14(18)12-15/h5,8-9,12-13,16H,2-4,6-7,10-11H2,1H3,(H,19,20). The summed E-state index contributed by atoms with van der Waals surface area (Å²) in [5.41, 5.74) is 0.715. The van der Waals surface area contributed by atoms with Gasteiger partial charge in [0.1, 0.15) is 6.10 Å². The van der Waals surface area contributed by atoms with Crippen LogP contribution >= 0.6 is 11.6 Å². The van der Waals surface area contributed by atoms with Crippen LogP contribution in [-0.4, -0.2) is 19.1 Å². The summed E-state index contributed by atoms with van der Waals surface area (Å²) in [5, 5.41) is 3.49. The molecule has 4 heteroatoms. The minimum absolute atomic E-state index is 0.0874. The van der Waals surface area contributed by atoms with E-state index in [0.29, 0.717) is 10.7 Å². The maximum Gasteiger partial charge on any atom is 0.253 e. The Hall–Kier alpha value is -1.06. The summed E-state index contributed by atoms with van der Waals surface area (Å²) in [6, 6.07) is 7.18. The predicted molar refractivity (Wildman–Crippen MR) is 86.7 cm³/mol. The zero-order valence-electron chi connectivity index (χ0n) is 12.6. The minimum atomic E-state index is -0.383. The summed E-state index contributed by atoms with van der Waals surface area (Å²) in [6.45, 7) is 0. The summed E-state index contributed by atoms with van der Waals surface area (Å²) in [6.07, 6.45) is 8.09. The van der Waals surface area contributed by atoms with Crippen LogP contribution in [0.15, 0.2) is 24.3 Å². The molecular weight excluding hydrogens is 286 g/mol. The van der Waals surface area contributed by atoms with Crippen LogP contribution in [0.1, 0.15) is 44.9 Å². The maximum absolute atomic E-state index is 12.2. The van der Waals surface area contributed by atoms with Crippen LogP contribution in [0.4, 0.5) is 5.69 Å². The highest BCUT2D eigenvalue weighted by Gasteiger charge is 2.21. The molecule has 0 bridgehead atoms. The fourth-order valence-corrected chi connectivity index (χ4v) is 3.20. The number of halogens is 1. The predicted octanol–water partition coefficient (Wildman–Crippen LogP) is 4.65. The Balaban J connectivity index is 1.83. The molecule has 0 saturated heterocycles. The number of ether oxygens (including phenoxy) is 1. The lowest BCUT2D eigenvalue weighted by Crippen LogP contribution is -2.30. The summed E-state index contributed by atoms with van der Waals surface area (Å²) in [5.74, 6) is 0.672. The van der Waals surface area contributed by atoms with Gasteiger partial charge < -0.3 is 10.1 Å². The van der Waals surface area contributed by atoms with Crippen molar-refractivity contribution in [2.45, 2.75) is 51.0 Å². The summed E-state index contributed by atoms with van der Waals surface area (Å²) in [7, 11) is 1.60. The Morgan fingerprint density at radius 3 is 2.81 bits per heavy atom. The van der Waals surface area contributed by atoms with Crippen molar-refractivity contribution in [3.8, 4) is 0 Å². The molecule has 0 heterocycles. The van der Waals surface area contributed by atoms with Gasteiger partial charge in [0.15, 0.2) is 0 Å². The minimum Gasteiger partial charge on any atom is -0.372 e. The third-order valence-corrected chi connectivity index (χ3v) is 4.47. The second-order valence-corrected chi connectivity index (χ2v) is 6.24. The van der Waals surface area contributed by atoms with Crippen molar-refractivity contribution in [1.29, 1.82) is 0 Å². The number of amides is 1. The molecule has 1 unspecified atom stereocenters. The van der Waals surface area contributed by atoms with E-state index in [1.165, 1.54) is 32.1 Å². The monoisotopic (exact) mass is 309 g/mol. The number of hydrogen-bond acceptors (Lipinski definition) is 2. The number of nitrogens with one attached hydrogen (secondary N) is 1. The van der Waals surface area contributed by atoms with Gasteiger partial charge in [0, 0.05) is 17.8 Å². The molecule has 1 aromatic rings. The number of carbonyl (C=O) groups excluding carboxylic acids is 1. The highest BCUT2D eigenvalue weighted by Crippen LogP contribution is 2.28. The molecule has 1 aliphatic carbocycles. The molecule has 0 aliphatic heterocycles. The highest BCUT2D eigenvalue weighted by atomic mass is 35.5. The second kappa shape index (κ2) is 8.40. The van der Waals surface area contributed by atoms with Crippen molar-refractivity contribution in [3.63, 3.8) is 0 Å². The Kier molecular flexibility index (Phi) is 6.52. The Labute approximate surface area is 132 Å². The quantitative estimate of drug-likeness (QED) is 0.830. The molecule has 0 spiro atoms. The first-order valence-corrected chi connectivity index (χ1v) is 8.16. The maximum atomic E-state index is 12.2. The molecule has 0 aromatic heterocycles. The molecule has 3 nitrogen and oxygen atoms in total.